The van der Waals surface area contributed by atoms with Crippen LogP contribution in [0.5, 0.6) is 0 Å². The minimum absolute atomic E-state index is 0. The summed E-state index contributed by atoms with van der Waals surface area (Å²) in [7, 11) is 1.86. The number of benzene rings is 2. The van der Waals surface area contributed by atoms with Gasteiger partial charge >= 0.3 is 0 Å². The molecular weight excluding hydrogens is 517 g/mol. The van der Waals surface area contributed by atoms with Crippen LogP contribution in [0.2, 0.25) is 10.0 Å². The van der Waals surface area contributed by atoms with Gasteiger partial charge in [-0.1, -0.05) is 54.4 Å². The number of carbonyl (C=O) groups is 2. The first-order valence-corrected chi connectivity index (χ1v) is 13.3. The molecule has 2 aromatic rings. The molecule has 1 atom stereocenters. The minimum Gasteiger partial charge on any atom is -0.341 e. The molecule has 1 aliphatic heterocycles. The van der Waals surface area contributed by atoms with Gasteiger partial charge in [0, 0.05) is 57.7 Å². The van der Waals surface area contributed by atoms with E-state index in [4.69, 9.17) is 23.2 Å². The van der Waals surface area contributed by atoms with Crippen molar-refractivity contribution in [2.75, 3.05) is 39.8 Å². The predicted octanol–water partition coefficient (Wildman–Crippen LogP) is 6.38. The summed E-state index contributed by atoms with van der Waals surface area (Å²) in [5.74, 6) is 0.321. The first-order chi connectivity index (χ1) is 16.8. The van der Waals surface area contributed by atoms with Crippen LogP contribution in [0, 0.1) is 0 Å². The predicted molar refractivity (Wildman–Crippen MR) is 152 cm³/mol. The number of likely N-dealkylation sites (tertiary alicyclic amines) is 1. The first-order valence-electron chi connectivity index (χ1n) is 12.5. The zero-order chi connectivity index (χ0) is 25.4. The molecule has 0 bridgehead atoms. The lowest BCUT2D eigenvalue weighted by molar-refractivity contribution is -0.132. The van der Waals surface area contributed by atoms with Crippen molar-refractivity contribution >= 4 is 47.4 Å². The Balaban J connectivity index is 0.00000456. The highest BCUT2D eigenvalue weighted by atomic mass is 35.5. The molecule has 0 radical (unpaired) electrons. The molecular formula is C28H38Cl3N3O2. The molecule has 1 unspecified atom stereocenters. The van der Waals surface area contributed by atoms with Crippen molar-refractivity contribution in [3.63, 3.8) is 0 Å². The van der Waals surface area contributed by atoms with E-state index in [-0.39, 0.29) is 30.1 Å². The summed E-state index contributed by atoms with van der Waals surface area (Å²) < 4.78 is 0. The lowest BCUT2D eigenvalue weighted by Gasteiger charge is -2.38. The van der Waals surface area contributed by atoms with E-state index < -0.39 is 0 Å². The molecule has 1 fully saturated rings. The summed E-state index contributed by atoms with van der Waals surface area (Å²) in [6.45, 7) is 8.11. The molecule has 0 N–H and O–H groups in total. The number of carbonyl (C=O) groups excluding carboxylic acids is 2. The van der Waals surface area contributed by atoms with E-state index in [9.17, 15) is 9.59 Å². The van der Waals surface area contributed by atoms with Gasteiger partial charge in [0.15, 0.2) is 0 Å². The van der Waals surface area contributed by atoms with Crippen LogP contribution < -0.4 is 0 Å². The van der Waals surface area contributed by atoms with E-state index in [0.717, 1.165) is 57.4 Å². The second kappa shape index (κ2) is 14.8. The van der Waals surface area contributed by atoms with Gasteiger partial charge in [-0.15, -0.1) is 12.4 Å². The van der Waals surface area contributed by atoms with Crippen LogP contribution in [0.4, 0.5) is 0 Å². The third-order valence-electron chi connectivity index (χ3n) is 6.94. The van der Waals surface area contributed by atoms with Gasteiger partial charge in [0.2, 0.25) is 5.91 Å². The van der Waals surface area contributed by atoms with Gasteiger partial charge in [0.05, 0.1) is 10.0 Å². The Bertz CT molecular complexity index is 981. The lowest BCUT2D eigenvalue weighted by atomic mass is 9.93. The average Bonchev–Trinajstić information content (AvgIpc) is 2.87. The molecule has 2 amide bonds. The monoisotopic (exact) mass is 553 g/mol. The molecule has 0 saturated carbocycles. The molecule has 3 rings (SSSR count). The van der Waals surface area contributed by atoms with Crippen LogP contribution in [0.25, 0.3) is 0 Å². The molecule has 0 aliphatic carbocycles. The third kappa shape index (κ3) is 8.37. The summed E-state index contributed by atoms with van der Waals surface area (Å²) in [6.07, 6.45) is 3.90. The Labute approximate surface area is 232 Å². The van der Waals surface area contributed by atoms with Gasteiger partial charge in [-0.05, 0) is 62.1 Å². The van der Waals surface area contributed by atoms with E-state index >= 15 is 0 Å². The van der Waals surface area contributed by atoms with Crippen molar-refractivity contribution < 1.29 is 9.59 Å². The van der Waals surface area contributed by atoms with Crippen LogP contribution >= 0.6 is 35.6 Å². The Morgan fingerprint density at radius 3 is 2.31 bits per heavy atom. The number of likely N-dealkylation sites (N-methyl/N-ethyl adjacent to an activating group) is 1. The molecule has 0 spiro atoms. The Hall–Kier alpha value is -1.79. The second-order valence-electron chi connectivity index (χ2n) is 9.50. The van der Waals surface area contributed by atoms with E-state index in [2.05, 4.69) is 11.8 Å². The maximum atomic E-state index is 13.0. The topological polar surface area (TPSA) is 43.9 Å². The van der Waals surface area contributed by atoms with Crippen LogP contribution in [-0.2, 0) is 4.79 Å². The molecule has 198 valence electrons. The highest BCUT2D eigenvalue weighted by Gasteiger charge is 2.27. The minimum atomic E-state index is 0. The van der Waals surface area contributed by atoms with Crippen molar-refractivity contribution in [1.82, 2.24) is 14.7 Å². The number of halogens is 3. The van der Waals surface area contributed by atoms with Crippen molar-refractivity contribution in [2.24, 2.45) is 0 Å². The molecule has 1 aliphatic rings. The molecule has 2 aromatic carbocycles. The van der Waals surface area contributed by atoms with E-state index in [0.29, 0.717) is 28.2 Å². The van der Waals surface area contributed by atoms with Crippen LogP contribution in [0.3, 0.4) is 0 Å². The van der Waals surface area contributed by atoms with Crippen LogP contribution in [-0.4, -0.2) is 72.3 Å². The highest BCUT2D eigenvalue weighted by molar-refractivity contribution is 6.42. The Morgan fingerprint density at radius 1 is 1.06 bits per heavy atom. The number of hydrogen-bond acceptors (Lipinski definition) is 3. The number of nitrogens with zero attached hydrogens (tertiary/aromatic N) is 3. The number of amides is 2. The van der Waals surface area contributed by atoms with Gasteiger partial charge in [-0.2, -0.15) is 0 Å². The van der Waals surface area contributed by atoms with E-state index in [1.165, 1.54) is 0 Å². The fraction of sp³-hybridized carbons (Fsp3) is 0.500. The Morgan fingerprint density at radius 2 is 1.72 bits per heavy atom. The van der Waals surface area contributed by atoms with E-state index in [1.54, 1.807) is 11.8 Å². The standard InChI is InChI=1S/C28H37Cl2N3O2.ClH/c1-4-15-33(21(2)34)25-13-17-32(18-14-25)16-12-24(23-10-11-26(29)27(30)19-23)20-31(3)28(35)22-8-6-5-7-9-22;/h5-11,19,24-25H,4,12-18,20H2,1-3H3;1H. The number of rotatable bonds is 10. The maximum absolute atomic E-state index is 13.0. The normalized spacial score (nSPS) is 15.1. The van der Waals surface area contributed by atoms with Crippen LogP contribution in [0.1, 0.15) is 61.4 Å². The number of hydrogen-bond donors (Lipinski definition) is 0. The third-order valence-corrected chi connectivity index (χ3v) is 7.68. The first kappa shape index (κ1) is 30.4. The molecule has 0 aromatic heterocycles. The van der Waals surface area contributed by atoms with Gasteiger partial charge in [-0.25, -0.2) is 0 Å². The summed E-state index contributed by atoms with van der Waals surface area (Å²) in [5.41, 5.74) is 1.78. The SMILES string of the molecule is CCCN(C(C)=O)C1CCN(CCC(CN(C)C(=O)c2ccccc2)c2ccc(Cl)c(Cl)c2)CC1.Cl. The molecule has 1 heterocycles. The van der Waals surface area contributed by atoms with Gasteiger partial charge in [0.1, 0.15) is 0 Å². The fourth-order valence-electron chi connectivity index (χ4n) is 4.98. The summed E-state index contributed by atoms with van der Waals surface area (Å²) >= 11 is 12.5. The van der Waals surface area contributed by atoms with Crippen molar-refractivity contribution in [3.05, 3.63) is 69.7 Å². The summed E-state index contributed by atoms with van der Waals surface area (Å²) in [4.78, 5) is 31.4. The molecule has 5 nitrogen and oxygen atoms in total. The van der Waals surface area contributed by atoms with Crippen molar-refractivity contribution in [1.29, 1.82) is 0 Å². The van der Waals surface area contributed by atoms with Crippen LogP contribution in [0.15, 0.2) is 48.5 Å². The fourth-order valence-corrected chi connectivity index (χ4v) is 5.28. The molecule has 8 heteroatoms. The van der Waals surface area contributed by atoms with Gasteiger partial charge in [0.25, 0.3) is 5.91 Å². The molecule has 36 heavy (non-hydrogen) atoms. The lowest BCUT2D eigenvalue weighted by Crippen LogP contribution is -2.47. The quantitative estimate of drug-likeness (QED) is 0.342. The van der Waals surface area contributed by atoms with Crippen molar-refractivity contribution in [3.8, 4) is 0 Å². The number of piperidine rings is 1. The largest absolute Gasteiger partial charge is 0.341 e. The maximum Gasteiger partial charge on any atom is 0.253 e. The molecule has 1 saturated heterocycles. The van der Waals surface area contributed by atoms with E-state index in [1.807, 2.05) is 60.5 Å². The van der Waals surface area contributed by atoms with Crippen molar-refractivity contribution in [2.45, 2.75) is 51.5 Å². The summed E-state index contributed by atoms with van der Waals surface area (Å²) in [6, 6.07) is 15.5. The second-order valence-corrected chi connectivity index (χ2v) is 10.3. The highest BCUT2D eigenvalue weighted by Crippen LogP contribution is 2.29. The van der Waals surface area contributed by atoms with Gasteiger partial charge < -0.3 is 14.7 Å². The zero-order valence-electron chi connectivity index (χ0n) is 21.5. The zero-order valence-corrected chi connectivity index (χ0v) is 23.8. The smallest absolute Gasteiger partial charge is 0.253 e. The Kier molecular flexibility index (Phi) is 12.5. The van der Waals surface area contributed by atoms with Gasteiger partial charge in [-0.3, -0.25) is 9.59 Å². The summed E-state index contributed by atoms with van der Waals surface area (Å²) in [5, 5.41) is 1.07. The average molecular weight is 555 g/mol.